The highest BCUT2D eigenvalue weighted by Gasteiger charge is 2.13. The molecule has 0 atom stereocenters. The first-order valence-corrected chi connectivity index (χ1v) is 7.81. The monoisotopic (exact) mass is 282 g/mol. The van der Waals surface area contributed by atoms with Crippen LogP contribution in [0.4, 0.5) is 5.82 Å². The Labute approximate surface area is 126 Å². The normalized spacial score (nSPS) is 15.9. The van der Waals surface area contributed by atoms with Crippen molar-refractivity contribution in [2.24, 2.45) is 5.92 Å². The first-order valence-electron chi connectivity index (χ1n) is 7.81. The van der Waals surface area contributed by atoms with Crippen molar-refractivity contribution >= 4 is 5.82 Å². The standard InChI is InChI=1S/C17H22N4/c1-13-11-16(19-12-14-5-3-2-4-6-14)21-17(20-13)15-7-9-18-10-8-15/h7-11,14H,2-6,12H2,1H3,(H,19,20,21). The number of hydrogen-bond acceptors (Lipinski definition) is 4. The third-order valence-electron chi connectivity index (χ3n) is 4.09. The Bertz CT molecular complexity index is 577. The Kier molecular flexibility index (Phi) is 4.43. The van der Waals surface area contributed by atoms with Crippen molar-refractivity contribution in [3.8, 4) is 11.4 Å². The van der Waals surface area contributed by atoms with E-state index in [1.165, 1.54) is 32.1 Å². The van der Waals surface area contributed by atoms with E-state index in [4.69, 9.17) is 0 Å². The van der Waals surface area contributed by atoms with Crippen LogP contribution in [-0.2, 0) is 0 Å². The van der Waals surface area contributed by atoms with Gasteiger partial charge in [-0.15, -0.1) is 0 Å². The summed E-state index contributed by atoms with van der Waals surface area (Å²) in [4.78, 5) is 13.2. The van der Waals surface area contributed by atoms with Crippen LogP contribution in [0.15, 0.2) is 30.6 Å². The lowest BCUT2D eigenvalue weighted by Crippen LogP contribution is -2.18. The van der Waals surface area contributed by atoms with Crippen LogP contribution in [0.1, 0.15) is 37.8 Å². The summed E-state index contributed by atoms with van der Waals surface area (Å²) >= 11 is 0. The Morgan fingerprint density at radius 2 is 1.86 bits per heavy atom. The average Bonchev–Trinajstić information content (AvgIpc) is 2.54. The zero-order valence-electron chi connectivity index (χ0n) is 12.5. The van der Waals surface area contributed by atoms with Gasteiger partial charge in [-0.05, 0) is 37.8 Å². The van der Waals surface area contributed by atoms with E-state index < -0.39 is 0 Å². The van der Waals surface area contributed by atoms with Gasteiger partial charge in [0, 0.05) is 36.3 Å². The lowest BCUT2D eigenvalue weighted by Gasteiger charge is -2.22. The predicted octanol–water partition coefficient (Wildman–Crippen LogP) is 3.84. The summed E-state index contributed by atoms with van der Waals surface area (Å²) in [5.41, 5.74) is 2.00. The third-order valence-corrected chi connectivity index (χ3v) is 4.09. The molecule has 0 saturated heterocycles. The molecule has 0 aliphatic heterocycles. The van der Waals surface area contributed by atoms with Crippen LogP contribution in [0.25, 0.3) is 11.4 Å². The molecule has 0 aromatic carbocycles. The minimum absolute atomic E-state index is 0.767. The fraction of sp³-hybridized carbons (Fsp3) is 0.471. The van der Waals surface area contributed by atoms with E-state index in [9.17, 15) is 0 Å². The summed E-state index contributed by atoms with van der Waals surface area (Å²) in [7, 11) is 0. The van der Waals surface area contributed by atoms with Crippen LogP contribution in [-0.4, -0.2) is 21.5 Å². The summed E-state index contributed by atoms with van der Waals surface area (Å²) in [6.07, 6.45) is 10.4. The summed E-state index contributed by atoms with van der Waals surface area (Å²) in [6, 6.07) is 5.91. The van der Waals surface area contributed by atoms with Gasteiger partial charge in [0.25, 0.3) is 0 Å². The van der Waals surface area contributed by atoms with Gasteiger partial charge >= 0.3 is 0 Å². The molecule has 0 bridgehead atoms. The molecule has 2 heterocycles. The lowest BCUT2D eigenvalue weighted by atomic mass is 9.89. The summed E-state index contributed by atoms with van der Waals surface area (Å²) < 4.78 is 0. The van der Waals surface area contributed by atoms with E-state index in [1.54, 1.807) is 12.4 Å². The van der Waals surface area contributed by atoms with Gasteiger partial charge in [-0.2, -0.15) is 0 Å². The molecule has 2 aromatic heterocycles. The van der Waals surface area contributed by atoms with Gasteiger partial charge in [0.15, 0.2) is 5.82 Å². The van der Waals surface area contributed by atoms with Gasteiger partial charge in [0.05, 0.1) is 0 Å². The van der Waals surface area contributed by atoms with E-state index in [0.29, 0.717) is 0 Å². The lowest BCUT2D eigenvalue weighted by molar-refractivity contribution is 0.373. The number of pyridine rings is 1. The van der Waals surface area contributed by atoms with Gasteiger partial charge in [0.1, 0.15) is 5.82 Å². The molecule has 1 saturated carbocycles. The van der Waals surface area contributed by atoms with E-state index in [-0.39, 0.29) is 0 Å². The maximum Gasteiger partial charge on any atom is 0.161 e. The van der Waals surface area contributed by atoms with Crippen molar-refractivity contribution in [3.05, 3.63) is 36.3 Å². The minimum atomic E-state index is 0.767. The maximum absolute atomic E-state index is 4.64. The van der Waals surface area contributed by atoms with Gasteiger partial charge in [-0.3, -0.25) is 4.98 Å². The zero-order valence-corrected chi connectivity index (χ0v) is 12.5. The first kappa shape index (κ1) is 14.0. The average molecular weight is 282 g/mol. The predicted molar refractivity (Wildman–Crippen MR) is 85.1 cm³/mol. The van der Waals surface area contributed by atoms with Gasteiger partial charge in [-0.1, -0.05) is 19.3 Å². The van der Waals surface area contributed by atoms with Crippen molar-refractivity contribution in [1.29, 1.82) is 0 Å². The van der Waals surface area contributed by atoms with Crippen molar-refractivity contribution in [2.75, 3.05) is 11.9 Å². The molecule has 1 N–H and O–H groups in total. The Hall–Kier alpha value is -1.97. The van der Waals surface area contributed by atoms with Crippen molar-refractivity contribution in [1.82, 2.24) is 15.0 Å². The maximum atomic E-state index is 4.64. The van der Waals surface area contributed by atoms with E-state index in [0.717, 1.165) is 35.4 Å². The summed E-state index contributed by atoms with van der Waals surface area (Å²) in [5, 5.41) is 3.50. The highest BCUT2D eigenvalue weighted by Crippen LogP contribution is 2.24. The molecule has 1 aliphatic rings. The number of rotatable bonds is 4. The Balaban J connectivity index is 1.72. The smallest absolute Gasteiger partial charge is 0.161 e. The highest BCUT2D eigenvalue weighted by molar-refractivity contribution is 5.56. The third kappa shape index (κ3) is 3.78. The van der Waals surface area contributed by atoms with Crippen LogP contribution in [0.2, 0.25) is 0 Å². The molecule has 21 heavy (non-hydrogen) atoms. The van der Waals surface area contributed by atoms with Crippen LogP contribution >= 0.6 is 0 Å². The van der Waals surface area contributed by atoms with E-state index in [2.05, 4.69) is 20.3 Å². The largest absolute Gasteiger partial charge is 0.370 e. The second kappa shape index (κ2) is 6.66. The van der Waals surface area contributed by atoms with Crippen molar-refractivity contribution in [2.45, 2.75) is 39.0 Å². The summed E-state index contributed by atoms with van der Waals surface area (Å²) in [6.45, 7) is 3.03. The number of nitrogens with one attached hydrogen (secondary N) is 1. The molecule has 0 amide bonds. The minimum Gasteiger partial charge on any atom is -0.370 e. The van der Waals surface area contributed by atoms with Crippen LogP contribution in [0.5, 0.6) is 0 Å². The number of aryl methyl sites for hydroxylation is 1. The molecule has 0 spiro atoms. The molecule has 4 heteroatoms. The van der Waals surface area contributed by atoms with E-state index in [1.807, 2.05) is 25.1 Å². The Morgan fingerprint density at radius 3 is 2.62 bits per heavy atom. The fourth-order valence-electron chi connectivity index (χ4n) is 2.93. The molecular formula is C17H22N4. The molecule has 4 nitrogen and oxygen atoms in total. The summed E-state index contributed by atoms with van der Waals surface area (Å²) in [5.74, 6) is 2.49. The molecule has 110 valence electrons. The number of aromatic nitrogens is 3. The van der Waals surface area contributed by atoms with Crippen LogP contribution in [0.3, 0.4) is 0 Å². The topological polar surface area (TPSA) is 50.7 Å². The number of anilines is 1. The number of nitrogens with zero attached hydrogens (tertiary/aromatic N) is 3. The quantitative estimate of drug-likeness (QED) is 0.925. The van der Waals surface area contributed by atoms with Crippen LogP contribution < -0.4 is 5.32 Å². The first-order chi connectivity index (χ1) is 10.3. The second-order valence-corrected chi connectivity index (χ2v) is 5.84. The fourth-order valence-corrected chi connectivity index (χ4v) is 2.93. The number of hydrogen-bond donors (Lipinski definition) is 1. The Morgan fingerprint density at radius 1 is 1.10 bits per heavy atom. The van der Waals surface area contributed by atoms with Gasteiger partial charge in [-0.25, -0.2) is 9.97 Å². The highest BCUT2D eigenvalue weighted by atomic mass is 15.0. The van der Waals surface area contributed by atoms with Crippen molar-refractivity contribution in [3.63, 3.8) is 0 Å². The molecule has 0 radical (unpaired) electrons. The second-order valence-electron chi connectivity index (χ2n) is 5.84. The molecular weight excluding hydrogens is 260 g/mol. The SMILES string of the molecule is Cc1cc(NCC2CCCCC2)nc(-c2ccncc2)n1. The molecule has 1 fully saturated rings. The molecule has 3 rings (SSSR count). The van der Waals surface area contributed by atoms with Gasteiger partial charge < -0.3 is 5.32 Å². The molecule has 1 aliphatic carbocycles. The van der Waals surface area contributed by atoms with Gasteiger partial charge in [0.2, 0.25) is 0 Å². The van der Waals surface area contributed by atoms with E-state index >= 15 is 0 Å². The van der Waals surface area contributed by atoms with Crippen molar-refractivity contribution < 1.29 is 0 Å². The molecule has 0 unspecified atom stereocenters. The zero-order chi connectivity index (χ0) is 14.5. The molecule has 2 aromatic rings. The van der Waals surface area contributed by atoms with Crippen LogP contribution in [0, 0.1) is 12.8 Å².